The number of carbonyl (C=O) groups is 1. The predicted octanol–water partition coefficient (Wildman–Crippen LogP) is 0.678. The number of hydrogen-bond acceptors (Lipinski definition) is 7. The van der Waals surface area contributed by atoms with Gasteiger partial charge in [-0.05, 0) is 29.5 Å². The first-order valence-corrected chi connectivity index (χ1v) is 6.80. The normalized spacial score (nSPS) is 13.8. The molecule has 1 N–H and O–H groups in total. The van der Waals surface area contributed by atoms with Crippen LogP contribution >= 0.6 is 11.8 Å². The van der Waals surface area contributed by atoms with Gasteiger partial charge in [0, 0.05) is 5.75 Å². The van der Waals surface area contributed by atoms with E-state index in [4.69, 9.17) is 0 Å². The number of para-hydroxylation sites is 1. The third-order valence-electron chi connectivity index (χ3n) is 2.55. The number of hydrogen-bond donors (Lipinski definition) is 1. The molecule has 106 valence electrons. The van der Waals surface area contributed by atoms with Crippen molar-refractivity contribution >= 4 is 17.7 Å². The minimum absolute atomic E-state index is 0.0902. The molecule has 7 nitrogen and oxygen atoms in total. The lowest BCUT2D eigenvalue weighted by Gasteiger charge is -2.18. The summed E-state index contributed by atoms with van der Waals surface area (Å²) < 4.78 is 6.08. The molecule has 0 aliphatic heterocycles. The van der Waals surface area contributed by atoms with Gasteiger partial charge in [-0.3, -0.25) is 0 Å². The molecule has 20 heavy (non-hydrogen) atoms. The number of aliphatic hydroxyl groups is 1. The van der Waals surface area contributed by atoms with Gasteiger partial charge in [0.1, 0.15) is 0 Å². The van der Waals surface area contributed by atoms with E-state index in [0.29, 0.717) is 5.16 Å². The number of methoxy groups -OCH3 is 1. The van der Waals surface area contributed by atoms with Gasteiger partial charge >= 0.3 is 5.97 Å². The lowest BCUT2D eigenvalue weighted by atomic mass is 10.1. The number of ether oxygens (including phenoxy) is 1. The second kappa shape index (κ2) is 6.02. The van der Waals surface area contributed by atoms with Crippen LogP contribution in [-0.4, -0.2) is 49.7 Å². The number of nitrogens with zero attached hydrogens (tertiary/aromatic N) is 4. The summed E-state index contributed by atoms with van der Waals surface area (Å²) >= 11 is 1.18. The number of rotatable bonds is 5. The Bertz CT molecular complexity index is 585. The Labute approximate surface area is 119 Å². The van der Waals surface area contributed by atoms with Gasteiger partial charge in [0.25, 0.3) is 0 Å². The number of esters is 1. The van der Waals surface area contributed by atoms with Gasteiger partial charge in [0.2, 0.25) is 5.16 Å². The molecule has 2 rings (SSSR count). The van der Waals surface area contributed by atoms with Crippen molar-refractivity contribution < 1.29 is 14.6 Å². The van der Waals surface area contributed by atoms with E-state index in [1.165, 1.54) is 30.5 Å². The average Bonchev–Trinajstić information content (AvgIpc) is 2.93. The van der Waals surface area contributed by atoms with Crippen LogP contribution < -0.4 is 0 Å². The molecule has 1 aromatic carbocycles. The second-order valence-electron chi connectivity index (χ2n) is 4.26. The van der Waals surface area contributed by atoms with Crippen LogP contribution in [0.1, 0.15) is 6.92 Å². The Morgan fingerprint density at radius 1 is 1.45 bits per heavy atom. The van der Waals surface area contributed by atoms with Crippen LogP contribution in [0.3, 0.4) is 0 Å². The Morgan fingerprint density at radius 2 is 2.15 bits per heavy atom. The molecule has 0 amide bonds. The van der Waals surface area contributed by atoms with Crippen molar-refractivity contribution in [3.63, 3.8) is 0 Å². The highest BCUT2D eigenvalue weighted by molar-refractivity contribution is 7.99. The van der Waals surface area contributed by atoms with Crippen LogP contribution in [0.15, 0.2) is 35.5 Å². The Hall–Kier alpha value is -1.93. The van der Waals surface area contributed by atoms with E-state index in [-0.39, 0.29) is 5.75 Å². The van der Waals surface area contributed by atoms with Crippen LogP contribution in [0.5, 0.6) is 0 Å². The fourth-order valence-electron chi connectivity index (χ4n) is 1.48. The van der Waals surface area contributed by atoms with Crippen LogP contribution in [0, 0.1) is 0 Å². The minimum atomic E-state index is -1.59. The van der Waals surface area contributed by atoms with Gasteiger partial charge in [-0.15, -0.1) is 5.10 Å². The molecule has 1 heterocycles. The van der Waals surface area contributed by atoms with Gasteiger partial charge in [0.05, 0.1) is 12.8 Å². The smallest absolute Gasteiger partial charge is 0.338 e. The van der Waals surface area contributed by atoms with Gasteiger partial charge in [0.15, 0.2) is 5.60 Å². The van der Waals surface area contributed by atoms with Gasteiger partial charge in [-0.1, -0.05) is 30.0 Å². The highest BCUT2D eigenvalue weighted by Crippen LogP contribution is 2.23. The van der Waals surface area contributed by atoms with Crippen molar-refractivity contribution in [1.29, 1.82) is 0 Å². The summed E-state index contributed by atoms with van der Waals surface area (Å²) in [6.45, 7) is 1.39. The molecular weight excluding hydrogens is 280 g/mol. The number of thioether (sulfide) groups is 1. The highest BCUT2D eigenvalue weighted by atomic mass is 32.2. The van der Waals surface area contributed by atoms with E-state index in [9.17, 15) is 9.90 Å². The fraction of sp³-hybridized carbons (Fsp3) is 0.333. The summed E-state index contributed by atoms with van der Waals surface area (Å²) in [5.41, 5.74) is -0.787. The van der Waals surface area contributed by atoms with Crippen molar-refractivity contribution in [2.24, 2.45) is 0 Å². The molecule has 1 atom stereocenters. The van der Waals surface area contributed by atoms with E-state index < -0.39 is 11.6 Å². The largest absolute Gasteiger partial charge is 0.467 e. The minimum Gasteiger partial charge on any atom is -0.467 e. The molecule has 0 spiro atoms. The molecule has 0 radical (unpaired) electrons. The molecule has 0 aliphatic rings. The molecular formula is C12H14N4O3S. The van der Waals surface area contributed by atoms with Crippen molar-refractivity contribution in [1.82, 2.24) is 20.2 Å². The topological polar surface area (TPSA) is 90.1 Å². The highest BCUT2D eigenvalue weighted by Gasteiger charge is 2.32. The molecule has 0 aliphatic carbocycles. The number of carbonyl (C=O) groups excluding carboxylic acids is 1. The van der Waals surface area contributed by atoms with E-state index in [2.05, 4.69) is 20.3 Å². The molecule has 1 unspecified atom stereocenters. The van der Waals surface area contributed by atoms with Crippen LogP contribution in [0.4, 0.5) is 0 Å². The van der Waals surface area contributed by atoms with Gasteiger partial charge in [-0.2, -0.15) is 4.68 Å². The molecule has 0 fully saturated rings. The Balaban J connectivity index is 2.13. The molecule has 0 saturated heterocycles. The average molecular weight is 294 g/mol. The lowest BCUT2D eigenvalue weighted by Crippen LogP contribution is -2.38. The van der Waals surface area contributed by atoms with Crippen LogP contribution in [0.2, 0.25) is 0 Å². The van der Waals surface area contributed by atoms with Crippen LogP contribution in [0.25, 0.3) is 5.69 Å². The van der Waals surface area contributed by atoms with Gasteiger partial charge < -0.3 is 9.84 Å². The second-order valence-corrected chi connectivity index (χ2v) is 5.21. The maximum absolute atomic E-state index is 11.4. The number of benzene rings is 1. The zero-order valence-corrected chi connectivity index (χ0v) is 11.9. The zero-order valence-electron chi connectivity index (χ0n) is 11.1. The summed E-state index contributed by atoms with van der Waals surface area (Å²) in [5.74, 6) is -0.601. The molecule has 1 aromatic heterocycles. The summed E-state index contributed by atoms with van der Waals surface area (Å²) in [6.07, 6.45) is 0. The summed E-state index contributed by atoms with van der Waals surface area (Å²) in [5, 5.41) is 21.8. The van der Waals surface area contributed by atoms with Crippen molar-refractivity contribution in [3.05, 3.63) is 30.3 Å². The fourth-order valence-corrected chi connectivity index (χ4v) is 2.37. The first kappa shape index (κ1) is 14.5. The molecule has 8 heteroatoms. The molecule has 0 bridgehead atoms. The van der Waals surface area contributed by atoms with E-state index in [1.54, 1.807) is 0 Å². The maximum atomic E-state index is 11.4. The maximum Gasteiger partial charge on any atom is 0.338 e. The van der Waals surface area contributed by atoms with E-state index >= 15 is 0 Å². The van der Waals surface area contributed by atoms with Crippen molar-refractivity contribution in [2.45, 2.75) is 17.7 Å². The van der Waals surface area contributed by atoms with Gasteiger partial charge in [-0.25, -0.2) is 4.79 Å². The summed E-state index contributed by atoms with van der Waals surface area (Å²) in [6, 6.07) is 9.35. The quantitative estimate of drug-likeness (QED) is 0.640. The van der Waals surface area contributed by atoms with E-state index in [0.717, 1.165) is 5.69 Å². The Kier molecular flexibility index (Phi) is 4.35. The SMILES string of the molecule is COC(=O)C(C)(O)CSc1nnnn1-c1ccccc1. The monoisotopic (exact) mass is 294 g/mol. The lowest BCUT2D eigenvalue weighted by molar-refractivity contribution is -0.158. The number of aromatic nitrogens is 4. The molecule has 2 aromatic rings. The third kappa shape index (κ3) is 3.14. The van der Waals surface area contributed by atoms with E-state index in [1.807, 2.05) is 30.3 Å². The first-order chi connectivity index (χ1) is 9.54. The third-order valence-corrected chi connectivity index (χ3v) is 3.77. The zero-order chi connectivity index (χ0) is 14.6. The summed E-state index contributed by atoms with van der Waals surface area (Å²) in [4.78, 5) is 11.4. The Morgan fingerprint density at radius 3 is 2.80 bits per heavy atom. The van der Waals surface area contributed by atoms with Crippen molar-refractivity contribution in [2.75, 3.05) is 12.9 Å². The standard InChI is InChI=1S/C12H14N4O3S/c1-12(18,10(17)19-2)8-20-11-13-14-15-16(11)9-6-4-3-5-7-9/h3-7,18H,8H2,1-2H3. The molecule has 0 saturated carbocycles. The number of tetrazole rings is 1. The summed E-state index contributed by atoms with van der Waals surface area (Å²) in [7, 11) is 1.23. The first-order valence-electron chi connectivity index (χ1n) is 5.82. The van der Waals surface area contributed by atoms with Crippen LogP contribution in [-0.2, 0) is 9.53 Å². The van der Waals surface area contributed by atoms with Crippen molar-refractivity contribution in [3.8, 4) is 5.69 Å². The predicted molar refractivity (Wildman–Crippen MR) is 72.5 cm³/mol.